The molecule has 30 heavy (non-hydrogen) atoms. The highest BCUT2D eigenvalue weighted by molar-refractivity contribution is 7.22. The molecule has 0 saturated heterocycles. The molecule has 1 fully saturated rings. The van der Waals surface area contributed by atoms with Gasteiger partial charge in [0.15, 0.2) is 5.13 Å². The van der Waals surface area contributed by atoms with Crippen molar-refractivity contribution in [3.63, 3.8) is 0 Å². The van der Waals surface area contributed by atoms with Gasteiger partial charge in [-0.25, -0.2) is 9.97 Å². The van der Waals surface area contributed by atoms with Crippen LogP contribution in [0.3, 0.4) is 0 Å². The lowest BCUT2D eigenvalue weighted by molar-refractivity contribution is -0.120. The van der Waals surface area contributed by atoms with Gasteiger partial charge >= 0.3 is 0 Å². The lowest BCUT2D eigenvalue weighted by atomic mass is 9.86. The van der Waals surface area contributed by atoms with E-state index in [0.29, 0.717) is 24.5 Å². The largest absolute Gasteiger partial charge is 0.437 e. The summed E-state index contributed by atoms with van der Waals surface area (Å²) in [6, 6.07) is 15.7. The van der Waals surface area contributed by atoms with Crippen molar-refractivity contribution >= 4 is 38.2 Å². The van der Waals surface area contributed by atoms with E-state index in [-0.39, 0.29) is 11.7 Å². The fourth-order valence-electron chi connectivity index (χ4n) is 3.72. The van der Waals surface area contributed by atoms with Gasteiger partial charge in [-0.15, -0.1) is 0 Å². The van der Waals surface area contributed by atoms with Crippen LogP contribution in [0.5, 0.6) is 11.6 Å². The summed E-state index contributed by atoms with van der Waals surface area (Å²) < 4.78 is 7.17. The summed E-state index contributed by atoms with van der Waals surface area (Å²) in [7, 11) is 0. The molecule has 4 aromatic rings. The Balaban J connectivity index is 1.31. The number of carbonyl (C=O) groups is 1. The van der Waals surface area contributed by atoms with E-state index in [1.165, 1.54) is 0 Å². The van der Waals surface area contributed by atoms with Crippen LogP contribution in [0.25, 0.3) is 10.2 Å². The monoisotopic (exact) mass is 416 g/mol. The van der Waals surface area contributed by atoms with Crippen molar-refractivity contribution in [3.8, 4) is 11.6 Å². The summed E-state index contributed by atoms with van der Waals surface area (Å²) in [5, 5.41) is 4.19. The topological polar surface area (TPSA) is 77.0 Å². The number of benzene rings is 2. The van der Waals surface area contributed by atoms with E-state index in [1.807, 2.05) is 42.5 Å². The number of anilines is 2. The van der Waals surface area contributed by atoms with Crippen LogP contribution in [-0.2, 0) is 4.79 Å². The van der Waals surface area contributed by atoms with E-state index < -0.39 is 0 Å². The number of hydrogen-bond donors (Lipinski definition) is 1. The molecule has 0 aliphatic heterocycles. The Labute approximate surface area is 178 Å². The van der Waals surface area contributed by atoms with Crippen molar-refractivity contribution in [2.45, 2.75) is 31.6 Å². The lowest BCUT2D eigenvalue weighted by Crippen LogP contribution is -2.15. The Morgan fingerprint density at radius 3 is 2.70 bits per heavy atom. The molecule has 150 valence electrons. The number of Topliss-reactive ketones (excluding diaryl/α,β-unsaturated/α-hetero) is 1. The summed E-state index contributed by atoms with van der Waals surface area (Å²) in [6.45, 7) is 0. The zero-order valence-corrected chi connectivity index (χ0v) is 17.1. The highest BCUT2D eigenvalue weighted by Gasteiger charge is 2.25. The Morgan fingerprint density at radius 1 is 1.03 bits per heavy atom. The zero-order valence-electron chi connectivity index (χ0n) is 16.2. The summed E-state index contributed by atoms with van der Waals surface area (Å²) in [5.41, 5.74) is 2.68. The van der Waals surface area contributed by atoms with Crippen molar-refractivity contribution in [1.82, 2.24) is 15.0 Å². The first-order valence-corrected chi connectivity index (χ1v) is 10.8. The van der Waals surface area contributed by atoms with Crippen LogP contribution in [0, 0.1) is 0 Å². The number of thiazole rings is 1. The maximum absolute atomic E-state index is 11.9. The van der Waals surface area contributed by atoms with Crippen LogP contribution >= 0.6 is 11.3 Å². The van der Waals surface area contributed by atoms with E-state index >= 15 is 0 Å². The molecule has 0 amide bonds. The second-order valence-electron chi connectivity index (χ2n) is 7.32. The van der Waals surface area contributed by atoms with Gasteiger partial charge in [0.25, 0.3) is 0 Å². The van der Waals surface area contributed by atoms with Gasteiger partial charge in [-0.2, -0.15) is 0 Å². The van der Waals surface area contributed by atoms with Gasteiger partial charge < -0.3 is 10.1 Å². The first kappa shape index (κ1) is 18.7. The van der Waals surface area contributed by atoms with Gasteiger partial charge in [0, 0.05) is 36.8 Å². The molecule has 1 aliphatic rings. The molecule has 0 bridgehead atoms. The Morgan fingerprint density at radius 2 is 1.87 bits per heavy atom. The van der Waals surface area contributed by atoms with Crippen LogP contribution in [0.2, 0.25) is 0 Å². The SMILES string of the molecule is O=C1CCC[C@H](c2nccnc2Oc2ccc(Nc3nc4ccccc4s3)cc2)C1. The smallest absolute Gasteiger partial charge is 0.241 e. The fraction of sp³-hybridized carbons (Fsp3) is 0.217. The minimum Gasteiger partial charge on any atom is -0.437 e. The first-order valence-electron chi connectivity index (χ1n) is 9.98. The standard InChI is InChI=1S/C23H20N4O2S/c28-17-5-3-4-15(14-17)21-22(25-13-12-24-21)29-18-10-8-16(9-11-18)26-23-27-19-6-1-2-7-20(19)30-23/h1-2,6-13,15H,3-5,14H2,(H,26,27)/t15-/m0/s1. The summed E-state index contributed by atoms with van der Waals surface area (Å²) in [6.07, 6.45) is 6.28. The minimum absolute atomic E-state index is 0.0786. The van der Waals surface area contributed by atoms with Crippen molar-refractivity contribution < 1.29 is 9.53 Å². The Bertz CT molecular complexity index is 1160. The molecule has 2 heterocycles. The van der Waals surface area contributed by atoms with Crippen molar-refractivity contribution in [2.24, 2.45) is 0 Å². The number of ether oxygens (including phenoxy) is 1. The third-order valence-electron chi connectivity index (χ3n) is 5.17. The third-order valence-corrected chi connectivity index (χ3v) is 6.13. The highest BCUT2D eigenvalue weighted by Crippen LogP contribution is 2.35. The molecule has 2 aromatic heterocycles. The second kappa shape index (κ2) is 8.20. The number of para-hydroxylation sites is 1. The minimum atomic E-state index is 0.0786. The molecule has 1 saturated carbocycles. The number of nitrogens with zero attached hydrogens (tertiary/aromatic N) is 3. The Kier molecular flexibility index (Phi) is 5.11. The number of aromatic nitrogens is 3. The highest BCUT2D eigenvalue weighted by atomic mass is 32.1. The molecule has 5 rings (SSSR count). The summed E-state index contributed by atoms with van der Waals surface area (Å²) in [5.74, 6) is 1.51. The average molecular weight is 417 g/mol. The molecule has 1 N–H and O–H groups in total. The molecule has 1 aliphatic carbocycles. The zero-order chi connectivity index (χ0) is 20.3. The maximum atomic E-state index is 11.9. The summed E-state index contributed by atoms with van der Waals surface area (Å²) in [4.78, 5) is 25.3. The lowest BCUT2D eigenvalue weighted by Gasteiger charge is -2.21. The van der Waals surface area contributed by atoms with Gasteiger partial charge in [0.1, 0.15) is 17.2 Å². The van der Waals surface area contributed by atoms with Gasteiger partial charge in [-0.1, -0.05) is 23.5 Å². The average Bonchev–Trinajstić information content (AvgIpc) is 3.18. The number of nitrogens with one attached hydrogen (secondary N) is 1. The molecular formula is C23H20N4O2S. The molecule has 7 heteroatoms. The molecule has 6 nitrogen and oxygen atoms in total. The predicted molar refractivity (Wildman–Crippen MR) is 118 cm³/mol. The van der Waals surface area contributed by atoms with Gasteiger partial charge in [-0.3, -0.25) is 9.78 Å². The van der Waals surface area contributed by atoms with Crippen molar-refractivity contribution in [3.05, 3.63) is 66.6 Å². The number of rotatable bonds is 5. The van der Waals surface area contributed by atoms with Crippen LogP contribution < -0.4 is 10.1 Å². The first-order chi connectivity index (χ1) is 14.7. The van der Waals surface area contributed by atoms with Gasteiger partial charge in [0.05, 0.1) is 10.2 Å². The number of hydrogen-bond acceptors (Lipinski definition) is 7. The van der Waals surface area contributed by atoms with Crippen LogP contribution in [0.4, 0.5) is 10.8 Å². The van der Waals surface area contributed by atoms with E-state index in [1.54, 1.807) is 23.7 Å². The molecule has 0 unspecified atom stereocenters. The van der Waals surface area contributed by atoms with E-state index in [2.05, 4.69) is 26.3 Å². The van der Waals surface area contributed by atoms with Gasteiger partial charge in [0.2, 0.25) is 5.88 Å². The van der Waals surface area contributed by atoms with Crippen LogP contribution in [-0.4, -0.2) is 20.7 Å². The quantitative estimate of drug-likeness (QED) is 0.440. The van der Waals surface area contributed by atoms with E-state index in [4.69, 9.17) is 4.74 Å². The summed E-state index contributed by atoms with van der Waals surface area (Å²) >= 11 is 1.62. The molecule has 0 spiro atoms. The van der Waals surface area contributed by atoms with E-state index in [0.717, 1.165) is 39.6 Å². The molecular weight excluding hydrogens is 396 g/mol. The molecule has 0 radical (unpaired) electrons. The van der Waals surface area contributed by atoms with Crippen molar-refractivity contribution in [2.75, 3.05) is 5.32 Å². The fourth-order valence-corrected chi connectivity index (χ4v) is 4.61. The van der Waals surface area contributed by atoms with E-state index in [9.17, 15) is 4.79 Å². The van der Waals surface area contributed by atoms with Gasteiger partial charge in [-0.05, 0) is 49.2 Å². The number of carbonyl (C=O) groups excluding carboxylic acids is 1. The number of ketones is 1. The number of fused-ring (bicyclic) bond motifs is 1. The van der Waals surface area contributed by atoms with Crippen molar-refractivity contribution in [1.29, 1.82) is 0 Å². The molecule has 1 atom stereocenters. The second-order valence-corrected chi connectivity index (χ2v) is 8.35. The van der Waals surface area contributed by atoms with Crippen LogP contribution in [0.15, 0.2) is 60.9 Å². The maximum Gasteiger partial charge on any atom is 0.241 e. The third kappa shape index (κ3) is 4.02. The van der Waals surface area contributed by atoms with Crippen LogP contribution in [0.1, 0.15) is 37.3 Å². The Hall–Kier alpha value is -3.32. The normalized spacial score (nSPS) is 16.5. The predicted octanol–water partition coefficient (Wildman–Crippen LogP) is 5.85. The molecule has 2 aromatic carbocycles.